The van der Waals surface area contributed by atoms with Crippen LogP contribution >= 0.6 is 11.3 Å². The molecule has 0 unspecified atom stereocenters. The highest BCUT2D eigenvalue weighted by atomic mass is 32.1. The molecule has 1 N–H and O–H groups in total. The fourth-order valence-corrected chi connectivity index (χ4v) is 5.71. The van der Waals surface area contributed by atoms with Crippen molar-refractivity contribution in [2.24, 2.45) is 0 Å². The van der Waals surface area contributed by atoms with Gasteiger partial charge in [0.1, 0.15) is 28.2 Å². The highest BCUT2D eigenvalue weighted by Gasteiger charge is 2.48. The second-order valence-corrected chi connectivity index (χ2v) is 10.0. The number of fused-ring (bicyclic) bond motifs is 1. The van der Waals surface area contributed by atoms with E-state index >= 15 is 0 Å². The van der Waals surface area contributed by atoms with E-state index in [-0.39, 0.29) is 34.1 Å². The molecule has 3 heterocycles. The first kappa shape index (κ1) is 25.5. The number of anilines is 1. The quantitative estimate of drug-likeness (QED) is 0.211. The molecule has 2 aliphatic rings. The molecule has 1 fully saturated rings. The summed E-state index contributed by atoms with van der Waals surface area (Å²) in [6.07, 6.45) is 0.677. The first-order valence-electron chi connectivity index (χ1n) is 12.1. The molecule has 0 bridgehead atoms. The number of ether oxygens (including phenoxy) is 3. The number of methoxy groups -OCH3 is 1. The predicted molar refractivity (Wildman–Crippen MR) is 141 cm³/mol. The number of carbonyl (C=O) groups excluding carboxylic acids is 3. The number of aryl methyl sites for hydroxylation is 1. The number of benzene rings is 2. The summed E-state index contributed by atoms with van der Waals surface area (Å²) in [5.74, 6) is -1.23. The van der Waals surface area contributed by atoms with E-state index in [1.165, 1.54) is 12.0 Å². The van der Waals surface area contributed by atoms with Crippen molar-refractivity contribution in [2.45, 2.75) is 39.3 Å². The second kappa shape index (κ2) is 9.94. The van der Waals surface area contributed by atoms with Crippen LogP contribution in [-0.2, 0) is 20.7 Å². The van der Waals surface area contributed by atoms with Crippen LogP contribution in [0.25, 0.3) is 5.76 Å². The molecular formula is C28H26N2O7S. The molecular weight excluding hydrogens is 508 g/mol. The van der Waals surface area contributed by atoms with Gasteiger partial charge in [-0.25, -0.2) is 9.78 Å². The maximum absolute atomic E-state index is 13.5. The molecule has 2 aliphatic heterocycles. The number of esters is 1. The van der Waals surface area contributed by atoms with Crippen LogP contribution in [0.2, 0.25) is 0 Å². The summed E-state index contributed by atoms with van der Waals surface area (Å²) in [5, 5.41) is 11.6. The van der Waals surface area contributed by atoms with E-state index in [9.17, 15) is 19.5 Å². The third-order valence-electron chi connectivity index (χ3n) is 6.50. The fraction of sp³-hybridized carbons (Fsp3) is 0.286. The van der Waals surface area contributed by atoms with Crippen LogP contribution in [0.4, 0.5) is 5.13 Å². The summed E-state index contributed by atoms with van der Waals surface area (Å²) >= 11 is 0.965. The number of thiazole rings is 1. The molecule has 10 heteroatoms. The van der Waals surface area contributed by atoms with Gasteiger partial charge in [0.2, 0.25) is 0 Å². The number of hydrogen-bond acceptors (Lipinski definition) is 9. The number of aliphatic hydroxyl groups excluding tert-OH is 1. The smallest absolute Gasteiger partial charge is 0.350 e. The molecule has 0 saturated carbocycles. The first-order chi connectivity index (χ1) is 18.2. The van der Waals surface area contributed by atoms with Crippen LogP contribution in [0, 0.1) is 6.92 Å². The Morgan fingerprint density at radius 2 is 1.95 bits per heavy atom. The molecule has 1 aromatic heterocycles. The van der Waals surface area contributed by atoms with Gasteiger partial charge < -0.3 is 19.3 Å². The van der Waals surface area contributed by atoms with E-state index in [1.807, 2.05) is 6.92 Å². The number of hydrogen-bond donors (Lipinski definition) is 1. The van der Waals surface area contributed by atoms with Gasteiger partial charge >= 0.3 is 11.9 Å². The van der Waals surface area contributed by atoms with Gasteiger partial charge in [-0.05, 0) is 62.2 Å². The van der Waals surface area contributed by atoms with Crippen LogP contribution in [0.1, 0.15) is 51.9 Å². The second-order valence-electron chi connectivity index (χ2n) is 9.03. The zero-order chi connectivity index (χ0) is 27.1. The van der Waals surface area contributed by atoms with Gasteiger partial charge in [0.15, 0.2) is 5.13 Å². The normalized spacial score (nSPS) is 19.8. The van der Waals surface area contributed by atoms with Crippen molar-refractivity contribution in [3.63, 3.8) is 0 Å². The number of aliphatic hydroxyl groups is 1. The highest BCUT2D eigenvalue weighted by Crippen LogP contribution is 2.44. The zero-order valence-corrected chi connectivity index (χ0v) is 22.1. The Hall–Kier alpha value is -4.18. The van der Waals surface area contributed by atoms with Gasteiger partial charge in [-0.15, -0.1) is 0 Å². The summed E-state index contributed by atoms with van der Waals surface area (Å²) < 4.78 is 16.1. The predicted octanol–water partition coefficient (Wildman–Crippen LogP) is 4.59. The van der Waals surface area contributed by atoms with Crippen LogP contribution in [0.15, 0.2) is 48.0 Å². The number of aromatic nitrogens is 1. The van der Waals surface area contributed by atoms with Crippen molar-refractivity contribution in [1.82, 2.24) is 4.98 Å². The van der Waals surface area contributed by atoms with E-state index in [4.69, 9.17) is 14.2 Å². The Labute approximate surface area is 223 Å². The van der Waals surface area contributed by atoms with Gasteiger partial charge in [0.25, 0.3) is 5.78 Å². The van der Waals surface area contributed by atoms with Crippen molar-refractivity contribution in [3.8, 4) is 11.5 Å². The molecule has 0 radical (unpaired) electrons. The molecule has 1 saturated heterocycles. The van der Waals surface area contributed by atoms with Crippen molar-refractivity contribution in [1.29, 1.82) is 0 Å². The van der Waals surface area contributed by atoms with E-state index in [2.05, 4.69) is 4.98 Å². The van der Waals surface area contributed by atoms with E-state index in [0.717, 1.165) is 22.6 Å². The lowest BCUT2D eigenvalue weighted by atomic mass is 9.94. The van der Waals surface area contributed by atoms with E-state index in [0.29, 0.717) is 29.0 Å². The van der Waals surface area contributed by atoms with Crippen molar-refractivity contribution < 1.29 is 33.7 Å². The Morgan fingerprint density at radius 1 is 1.21 bits per heavy atom. The standard InChI is InChI=1S/C28H26N2O7S/c1-5-36-27(34)25-15(3)29-28(38-25)30-22(16-6-9-19(35-4)10-7-16)21(24(32)26(30)33)23(31)17-8-11-20-18(13-17)12-14(2)37-20/h6-11,13-14,22,31H,5,12H2,1-4H3/t14-,22-/m1/s1. The first-order valence-corrected chi connectivity index (χ1v) is 12.9. The maximum Gasteiger partial charge on any atom is 0.350 e. The summed E-state index contributed by atoms with van der Waals surface area (Å²) in [4.78, 5) is 45.2. The van der Waals surface area contributed by atoms with E-state index < -0.39 is 23.7 Å². The van der Waals surface area contributed by atoms with Crippen molar-refractivity contribution in [2.75, 3.05) is 18.6 Å². The van der Waals surface area contributed by atoms with Crippen LogP contribution in [0.3, 0.4) is 0 Å². The summed E-state index contributed by atoms with van der Waals surface area (Å²) in [6.45, 7) is 5.48. The summed E-state index contributed by atoms with van der Waals surface area (Å²) in [6, 6.07) is 11.1. The third-order valence-corrected chi connectivity index (χ3v) is 7.63. The number of nitrogens with zero attached hydrogens (tertiary/aromatic N) is 2. The lowest BCUT2D eigenvalue weighted by Crippen LogP contribution is -2.29. The molecule has 1 amide bonds. The Morgan fingerprint density at radius 3 is 2.63 bits per heavy atom. The monoisotopic (exact) mass is 534 g/mol. The van der Waals surface area contributed by atoms with Crippen molar-refractivity contribution in [3.05, 3.63) is 75.3 Å². The van der Waals surface area contributed by atoms with Crippen LogP contribution in [-0.4, -0.2) is 47.6 Å². The van der Waals surface area contributed by atoms with Crippen LogP contribution < -0.4 is 14.4 Å². The SMILES string of the molecule is CCOC(=O)c1sc(N2C(=O)C(=O)C(=C(O)c3ccc4c(c3)C[C@@H](C)O4)[C@H]2c2ccc(OC)cc2)nc1C. The third kappa shape index (κ3) is 4.30. The molecule has 5 rings (SSSR count). The molecule has 0 spiro atoms. The van der Waals surface area contributed by atoms with Gasteiger partial charge in [0.05, 0.1) is 31.0 Å². The van der Waals surface area contributed by atoms with E-state index in [1.54, 1.807) is 56.3 Å². The average Bonchev–Trinajstić information content (AvgIpc) is 3.55. The Balaban J connectivity index is 1.66. The average molecular weight is 535 g/mol. The molecule has 2 aromatic carbocycles. The molecule has 38 heavy (non-hydrogen) atoms. The highest BCUT2D eigenvalue weighted by molar-refractivity contribution is 7.17. The lowest BCUT2D eigenvalue weighted by molar-refractivity contribution is -0.132. The van der Waals surface area contributed by atoms with Gasteiger partial charge in [-0.1, -0.05) is 23.5 Å². The summed E-state index contributed by atoms with van der Waals surface area (Å²) in [5.41, 5.74) is 2.19. The number of carbonyl (C=O) groups is 3. The summed E-state index contributed by atoms with van der Waals surface area (Å²) in [7, 11) is 1.54. The molecule has 2 atom stereocenters. The topological polar surface area (TPSA) is 115 Å². The van der Waals surface area contributed by atoms with Gasteiger partial charge in [0, 0.05) is 12.0 Å². The molecule has 9 nitrogen and oxygen atoms in total. The van der Waals surface area contributed by atoms with Crippen molar-refractivity contribution >= 4 is 39.9 Å². The zero-order valence-electron chi connectivity index (χ0n) is 21.3. The molecule has 3 aromatic rings. The molecule has 0 aliphatic carbocycles. The van der Waals surface area contributed by atoms with Gasteiger partial charge in [-0.2, -0.15) is 0 Å². The minimum absolute atomic E-state index is 0.00834. The molecule has 196 valence electrons. The number of Topliss-reactive ketones (excluding diaryl/α,β-unsaturated/α-hetero) is 1. The Bertz CT molecular complexity index is 1470. The number of rotatable bonds is 6. The maximum atomic E-state index is 13.5. The van der Waals surface area contributed by atoms with Crippen LogP contribution in [0.5, 0.6) is 11.5 Å². The lowest BCUT2D eigenvalue weighted by Gasteiger charge is -2.23. The minimum Gasteiger partial charge on any atom is -0.507 e. The number of amides is 1. The number of ketones is 1. The Kier molecular flexibility index (Phi) is 6.66. The fourth-order valence-electron chi connectivity index (χ4n) is 4.73. The van der Waals surface area contributed by atoms with Gasteiger partial charge in [-0.3, -0.25) is 14.5 Å². The minimum atomic E-state index is -0.982. The largest absolute Gasteiger partial charge is 0.507 e.